The van der Waals surface area contributed by atoms with Crippen molar-refractivity contribution in [3.63, 3.8) is 0 Å². The molecular weight excluding hydrogens is 332 g/mol. The summed E-state index contributed by atoms with van der Waals surface area (Å²) >= 11 is 0. The zero-order valence-electron chi connectivity index (χ0n) is 15.4. The number of nitrogens with zero attached hydrogens (tertiary/aromatic N) is 4. The average Bonchev–Trinajstić information content (AvgIpc) is 3.07. The van der Waals surface area contributed by atoms with Crippen molar-refractivity contribution in [1.29, 1.82) is 0 Å². The Bertz CT molecular complexity index is 794. The summed E-state index contributed by atoms with van der Waals surface area (Å²) in [5, 5.41) is 4.20. The summed E-state index contributed by atoms with van der Waals surface area (Å²) in [7, 11) is 1.87. The van der Waals surface area contributed by atoms with Gasteiger partial charge in [0.2, 0.25) is 5.91 Å². The Kier molecular flexibility index (Phi) is 5.25. The molecule has 1 saturated heterocycles. The summed E-state index contributed by atoms with van der Waals surface area (Å²) in [4.78, 5) is 27.7. The van der Waals surface area contributed by atoms with Gasteiger partial charge in [-0.25, -0.2) is 0 Å². The third kappa shape index (κ3) is 3.71. The van der Waals surface area contributed by atoms with Gasteiger partial charge in [-0.1, -0.05) is 12.1 Å². The van der Waals surface area contributed by atoms with E-state index in [1.165, 1.54) is 0 Å². The Morgan fingerprint density at radius 1 is 1.08 bits per heavy atom. The van der Waals surface area contributed by atoms with E-state index in [2.05, 4.69) is 5.10 Å². The first-order chi connectivity index (χ1) is 12.5. The molecule has 1 unspecified atom stereocenters. The predicted molar refractivity (Wildman–Crippen MR) is 97.6 cm³/mol. The quantitative estimate of drug-likeness (QED) is 0.833. The van der Waals surface area contributed by atoms with Gasteiger partial charge in [-0.05, 0) is 25.1 Å². The van der Waals surface area contributed by atoms with Crippen LogP contribution >= 0.6 is 0 Å². The highest BCUT2D eigenvalue weighted by Crippen LogP contribution is 2.30. The van der Waals surface area contributed by atoms with Crippen LogP contribution in [0.3, 0.4) is 0 Å². The molecule has 26 heavy (non-hydrogen) atoms. The normalized spacial score (nSPS) is 15.7. The Labute approximate surface area is 153 Å². The van der Waals surface area contributed by atoms with Crippen LogP contribution in [0.1, 0.15) is 13.8 Å². The topological polar surface area (TPSA) is 67.7 Å². The number of ether oxygens (including phenoxy) is 1. The summed E-state index contributed by atoms with van der Waals surface area (Å²) in [5.41, 5.74) is 1.82. The first-order valence-corrected chi connectivity index (χ1v) is 8.75. The molecule has 2 heterocycles. The number of rotatable bonds is 4. The van der Waals surface area contributed by atoms with Gasteiger partial charge in [-0.2, -0.15) is 5.10 Å². The van der Waals surface area contributed by atoms with Crippen LogP contribution in [0.2, 0.25) is 0 Å². The van der Waals surface area contributed by atoms with Gasteiger partial charge in [0.25, 0.3) is 5.91 Å². The molecule has 1 atom stereocenters. The van der Waals surface area contributed by atoms with E-state index >= 15 is 0 Å². The zero-order chi connectivity index (χ0) is 18.7. The van der Waals surface area contributed by atoms with Crippen molar-refractivity contribution in [3.8, 4) is 17.0 Å². The summed E-state index contributed by atoms with van der Waals surface area (Å²) in [6.07, 6.45) is 1.13. The third-order valence-electron chi connectivity index (χ3n) is 4.67. The highest BCUT2D eigenvalue weighted by atomic mass is 16.5. The van der Waals surface area contributed by atoms with E-state index < -0.39 is 6.10 Å². The van der Waals surface area contributed by atoms with E-state index in [0.717, 1.165) is 11.3 Å². The fraction of sp³-hybridized carbons (Fsp3) is 0.421. The van der Waals surface area contributed by atoms with Crippen LogP contribution in [0.4, 0.5) is 0 Å². The van der Waals surface area contributed by atoms with E-state index in [1.54, 1.807) is 34.5 Å². The van der Waals surface area contributed by atoms with Crippen LogP contribution in [0.25, 0.3) is 11.3 Å². The van der Waals surface area contributed by atoms with Crippen molar-refractivity contribution in [2.24, 2.45) is 7.05 Å². The highest BCUT2D eigenvalue weighted by Gasteiger charge is 2.27. The molecular formula is C19H24N4O3. The van der Waals surface area contributed by atoms with Crippen LogP contribution in [0.5, 0.6) is 5.75 Å². The van der Waals surface area contributed by atoms with Gasteiger partial charge in [0.15, 0.2) is 6.10 Å². The van der Waals surface area contributed by atoms with Crippen molar-refractivity contribution in [3.05, 3.63) is 36.5 Å². The maximum absolute atomic E-state index is 12.7. The number of hydrogen-bond donors (Lipinski definition) is 0. The molecule has 0 spiro atoms. The molecule has 1 aliphatic heterocycles. The van der Waals surface area contributed by atoms with Gasteiger partial charge in [0, 0.05) is 51.9 Å². The number of benzene rings is 1. The number of carbonyl (C=O) groups excluding carboxylic acids is 2. The Balaban J connectivity index is 1.69. The SMILES string of the molecule is CC(=O)N1CCN(C(=O)C(C)Oc2ccccc2-c2ccnn2C)CC1. The van der Waals surface area contributed by atoms with Crippen LogP contribution in [-0.2, 0) is 16.6 Å². The molecule has 2 aromatic rings. The molecule has 0 bridgehead atoms. The Morgan fingerprint density at radius 3 is 2.35 bits per heavy atom. The molecule has 0 aliphatic carbocycles. The van der Waals surface area contributed by atoms with Gasteiger partial charge in [-0.15, -0.1) is 0 Å². The van der Waals surface area contributed by atoms with Crippen LogP contribution < -0.4 is 4.74 Å². The number of piperazine rings is 1. The van der Waals surface area contributed by atoms with Crippen LogP contribution in [-0.4, -0.2) is 63.7 Å². The Hall–Kier alpha value is -2.83. The van der Waals surface area contributed by atoms with Crippen molar-refractivity contribution in [1.82, 2.24) is 19.6 Å². The average molecular weight is 356 g/mol. The lowest BCUT2D eigenvalue weighted by Gasteiger charge is -2.35. The first kappa shape index (κ1) is 18.0. The summed E-state index contributed by atoms with van der Waals surface area (Å²) in [6, 6.07) is 9.55. The molecule has 1 aromatic heterocycles. The lowest BCUT2D eigenvalue weighted by Crippen LogP contribution is -2.52. The van der Waals surface area contributed by atoms with Crippen molar-refractivity contribution < 1.29 is 14.3 Å². The van der Waals surface area contributed by atoms with Crippen molar-refractivity contribution in [2.45, 2.75) is 20.0 Å². The second-order valence-electron chi connectivity index (χ2n) is 6.43. The number of amides is 2. The van der Waals surface area contributed by atoms with Gasteiger partial charge in [0.05, 0.1) is 5.69 Å². The Morgan fingerprint density at radius 2 is 1.73 bits per heavy atom. The minimum atomic E-state index is -0.603. The molecule has 1 fully saturated rings. The van der Waals surface area contributed by atoms with Gasteiger partial charge < -0.3 is 14.5 Å². The predicted octanol–water partition coefficient (Wildman–Crippen LogP) is 1.55. The smallest absolute Gasteiger partial charge is 0.263 e. The lowest BCUT2D eigenvalue weighted by atomic mass is 10.1. The van der Waals surface area contributed by atoms with Gasteiger partial charge in [0.1, 0.15) is 5.75 Å². The third-order valence-corrected chi connectivity index (χ3v) is 4.67. The summed E-state index contributed by atoms with van der Waals surface area (Å²) < 4.78 is 7.77. The maximum atomic E-state index is 12.7. The molecule has 1 aromatic carbocycles. The number of carbonyl (C=O) groups is 2. The van der Waals surface area contributed by atoms with Crippen molar-refractivity contribution in [2.75, 3.05) is 26.2 Å². The molecule has 7 nitrogen and oxygen atoms in total. The largest absolute Gasteiger partial charge is 0.480 e. The fourth-order valence-electron chi connectivity index (χ4n) is 3.16. The molecule has 0 radical (unpaired) electrons. The molecule has 7 heteroatoms. The molecule has 138 valence electrons. The summed E-state index contributed by atoms with van der Waals surface area (Å²) in [6.45, 7) is 5.53. The van der Waals surface area contributed by atoms with Crippen molar-refractivity contribution >= 4 is 11.8 Å². The highest BCUT2D eigenvalue weighted by molar-refractivity contribution is 5.82. The monoisotopic (exact) mass is 356 g/mol. The van der Waals surface area contributed by atoms with Gasteiger partial charge >= 0.3 is 0 Å². The van der Waals surface area contributed by atoms with E-state index in [4.69, 9.17) is 4.74 Å². The number of para-hydroxylation sites is 1. The lowest BCUT2D eigenvalue weighted by molar-refractivity contribution is -0.143. The molecule has 2 amide bonds. The minimum absolute atomic E-state index is 0.0477. The zero-order valence-corrected chi connectivity index (χ0v) is 15.4. The molecule has 3 rings (SSSR count). The second-order valence-corrected chi connectivity index (χ2v) is 6.43. The fourth-order valence-corrected chi connectivity index (χ4v) is 3.16. The van der Waals surface area contributed by atoms with Gasteiger partial charge in [-0.3, -0.25) is 14.3 Å². The van der Waals surface area contributed by atoms with E-state index in [-0.39, 0.29) is 11.8 Å². The molecule has 0 N–H and O–H groups in total. The van der Waals surface area contributed by atoms with Crippen LogP contribution in [0, 0.1) is 0 Å². The minimum Gasteiger partial charge on any atom is -0.480 e. The van der Waals surface area contributed by atoms with E-state index in [1.807, 2.05) is 37.4 Å². The molecule has 1 aliphatic rings. The molecule has 0 saturated carbocycles. The maximum Gasteiger partial charge on any atom is 0.263 e. The number of aryl methyl sites for hydroxylation is 1. The standard InChI is InChI=1S/C19H24N4O3/c1-14(19(25)23-12-10-22(11-13-23)15(2)24)26-18-7-5-4-6-16(18)17-8-9-20-21(17)3/h4-9,14H,10-13H2,1-3H3. The van der Waals surface area contributed by atoms with E-state index in [0.29, 0.717) is 31.9 Å². The second kappa shape index (κ2) is 7.59. The number of aromatic nitrogens is 2. The van der Waals surface area contributed by atoms with Crippen LogP contribution in [0.15, 0.2) is 36.5 Å². The summed E-state index contributed by atoms with van der Waals surface area (Å²) in [5.74, 6) is 0.638. The first-order valence-electron chi connectivity index (χ1n) is 8.75. The number of hydrogen-bond acceptors (Lipinski definition) is 4. The van der Waals surface area contributed by atoms with E-state index in [9.17, 15) is 9.59 Å².